The Morgan fingerprint density at radius 1 is 1.08 bits per heavy atom. The maximum absolute atomic E-state index is 9.95. The molecule has 2 atom stereocenters. The minimum Gasteiger partial charge on any atom is -0.493 e. The molecular weight excluding hydrogens is 318 g/mol. The largest absolute Gasteiger partial charge is 0.493 e. The summed E-state index contributed by atoms with van der Waals surface area (Å²) in [6, 6.07) is 16.0. The number of rotatable bonds is 7. The lowest BCUT2D eigenvalue weighted by Crippen LogP contribution is -2.39. The van der Waals surface area contributed by atoms with Crippen molar-refractivity contribution in [3.8, 4) is 11.5 Å². The van der Waals surface area contributed by atoms with Crippen molar-refractivity contribution in [1.82, 2.24) is 4.90 Å². The van der Waals surface area contributed by atoms with Gasteiger partial charge in [-0.15, -0.1) is 0 Å². The lowest BCUT2D eigenvalue weighted by molar-refractivity contribution is 0.0925. The molecule has 0 aromatic heterocycles. The molecule has 0 amide bonds. The molecule has 2 aromatic rings. The summed E-state index contributed by atoms with van der Waals surface area (Å²) in [5.41, 5.74) is 2.22. The standard InChI is InChI=1S/C20H25NO4/c1-21(17-13-24-14-18(17)22)11-16-8-9-19(20(10-16)23-2)25-12-15-6-4-3-5-7-15/h3-10,17-18,22H,11-14H2,1-2H3/t17-,18-/m0/s1. The number of aliphatic hydroxyl groups excluding tert-OH is 1. The van der Waals surface area contributed by atoms with E-state index < -0.39 is 6.10 Å². The number of nitrogens with zero attached hydrogens (tertiary/aromatic N) is 1. The highest BCUT2D eigenvalue weighted by Crippen LogP contribution is 2.29. The van der Waals surface area contributed by atoms with Crippen LogP contribution in [0, 0.1) is 0 Å². The summed E-state index contributed by atoms with van der Waals surface area (Å²) in [5.74, 6) is 1.44. The maximum Gasteiger partial charge on any atom is 0.161 e. The van der Waals surface area contributed by atoms with Crippen molar-refractivity contribution in [2.45, 2.75) is 25.3 Å². The van der Waals surface area contributed by atoms with Crippen LogP contribution in [-0.2, 0) is 17.9 Å². The summed E-state index contributed by atoms with van der Waals surface area (Å²) in [4.78, 5) is 2.11. The highest BCUT2D eigenvalue weighted by molar-refractivity contribution is 5.43. The first-order chi connectivity index (χ1) is 12.2. The number of methoxy groups -OCH3 is 1. The van der Waals surface area contributed by atoms with Crippen LogP contribution in [0.5, 0.6) is 11.5 Å². The van der Waals surface area contributed by atoms with E-state index in [0.717, 1.165) is 16.9 Å². The highest BCUT2D eigenvalue weighted by atomic mass is 16.5. The summed E-state index contributed by atoms with van der Waals surface area (Å²) in [5, 5.41) is 9.95. The van der Waals surface area contributed by atoms with Crippen LogP contribution in [0.4, 0.5) is 0 Å². The molecule has 5 heteroatoms. The van der Waals surface area contributed by atoms with Crippen LogP contribution in [0.25, 0.3) is 0 Å². The molecule has 1 N–H and O–H groups in total. The average Bonchev–Trinajstić information content (AvgIpc) is 3.07. The zero-order valence-corrected chi connectivity index (χ0v) is 14.7. The second-order valence-electron chi connectivity index (χ2n) is 6.35. The lowest BCUT2D eigenvalue weighted by atomic mass is 10.1. The fourth-order valence-electron chi connectivity index (χ4n) is 3.02. The van der Waals surface area contributed by atoms with Gasteiger partial charge in [0.2, 0.25) is 0 Å². The number of ether oxygens (including phenoxy) is 3. The van der Waals surface area contributed by atoms with E-state index in [9.17, 15) is 5.11 Å². The second kappa shape index (κ2) is 8.34. The van der Waals surface area contributed by atoms with Crippen LogP contribution < -0.4 is 9.47 Å². The molecule has 1 aliphatic heterocycles. The quantitative estimate of drug-likeness (QED) is 0.837. The molecule has 5 nitrogen and oxygen atoms in total. The van der Waals surface area contributed by atoms with E-state index >= 15 is 0 Å². The SMILES string of the molecule is COc1cc(CN(C)[C@H]2COC[C@@H]2O)ccc1OCc1ccccc1. The van der Waals surface area contributed by atoms with Gasteiger partial charge in [0.15, 0.2) is 11.5 Å². The average molecular weight is 343 g/mol. The van der Waals surface area contributed by atoms with Gasteiger partial charge in [0.1, 0.15) is 6.61 Å². The van der Waals surface area contributed by atoms with Crippen LogP contribution in [-0.4, -0.2) is 49.5 Å². The molecule has 3 rings (SSSR count). The number of likely N-dealkylation sites (N-methyl/N-ethyl adjacent to an activating group) is 1. The molecule has 0 unspecified atom stereocenters. The number of aliphatic hydroxyl groups is 1. The van der Waals surface area contributed by atoms with Crippen LogP contribution in [0.2, 0.25) is 0 Å². The third-order valence-electron chi connectivity index (χ3n) is 4.48. The zero-order valence-electron chi connectivity index (χ0n) is 14.7. The Labute approximate surface area is 148 Å². The number of benzene rings is 2. The molecular formula is C20H25NO4. The fourth-order valence-corrected chi connectivity index (χ4v) is 3.02. The van der Waals surface area contributed by atoms with Gasteiger partial charge in [-0.3, -0.25) is 4.90 Å². The molecule has 134 valence electrons. The van der Waals surface area contributed by atoms with Crippen molar-refractivity contribution < 1.29 is 19.3 Å². The summed E-state index contributed by atoms with van der Waals surface area (Å²) in [7, 11) is 3.64. The molecule has 1 aliphatic rings. The van der Waals surface area contributed by atoms with Gasteiger partial charge < -0.3 is 19.3 Å². The molecule has 0 radical (unpaired) electrons. The van der Waals surface area contributed by atoms with E-state index in [1.54, 1.807) is 7.11 Å². The molecule has 0 saturated carbocycles. The highest BCUT2D eigenvalue weighted by Gasteiger charge is 2.29. The zero-order chi connectivity index (χ0) is 17.6. The predicted molar refractivity (Wildman–Crippen MR) is 95.8 cm³/mol. The second-order valence-corrected chi connectivity index (χ2v) is 6.35. The van der Waals surface area contributed by atoms with E-state index in [1.807, 2.05) is 55.6 Å². The molecule has 0 bridgehead atoms. The Bertz CT molecular complexity index is 677. The Hall–Kier alpha value is -2.08. The van der Waals surface area contributed by atoms with Crippen LogP contribution in [0.3, 0.4) is 0 Å². The topological polar surface area (TPSA) is 51.2 Å². The molecule has 1 saturated heterocycles. The van der Waals surface area contributed by atoms with E-state index in [-0.39, 0.29) is 6.04 Å². The monoisotopic (exact) mass is 343 g/mol. The molecule has 0 aliphatic carbocycles. The first-order valence-corrected chi connectivity index (χ1v) is 8.47. The van der Waals surface area contributed by atoms with Crippen molar-refractivity contribution in [3.63, 3.8) is 0 Å². The fraction of sp³-hybridized carbons (Fsp3) is 0.400. The molecule has 25 heavy (non-hydrogen) atoms. The number of hydrogen-bond donors (Lipinski definition) is 1. The van der Waals surface area contributed by atoms with Gasteiger partial charge in [0.25, 0.3) is 0 Å². The Balaban J connectivity index is 1.64. The van der Waals surface area contributed by atoms with Crippen molar-refractivity contribution in [3.05, 3.63) is 59.7 Å². The van der Waals surface area contributed by atoms with Crippen LogP contribution in [0.15, 0.2) is 48.5 Å². The van der Waals surface area contributed by atoms with Gasteiger partial charge in [0, 0.05) is 6.54 Å². The van der Waals surface area contributed by atoms with Crippen molar-refractivity contribution in [2.24, 2.45) is 0 Å². The smallest absolute Gasteiger partial charge is 0.161 e. The van der Waals surface area contributed by atoms with Gasteiger partial charge in [-0.05, 0) is 30.3 Å². The van der Waals surface area contributed by atoms with Crippen LogP contribution in [0.1, 0.15) is 11.1 Å². The Morgan fingerprint density at radius 2 is 1.88 bits per heavy atom. The van der Waals surface area contributed by atoms with Gasteiger partial charge in [-0.25, -0.2) is 0 Å². The van der Waals surface area contributed by atoms with E-state index in [1.165, 1.54) is 0 Å². The summed E-state index contributed by atoms with van der Waals surface area (Å²) >= 11 is 0. The first-order valence-electron chi connectivity index (χ1n) is 8.47. The van der Waals surface area contributed by atoms with Crippen LogP contribution >= 0.6 is 0 Å². The number of hydrogen-bond acceptors (Lipinski definition) is 5. The molecule has 1 heterocycles. The van der Waals surface area contributed by atoms with Crippen molar-refractivity contribution in [1.29, 1.82) is 0 Å². The summed E-state index contributed by atoms with van der Waals surface area (Å²) in [6.45, 7) is 2.18. The van der Waals surface area contributed by atoms with Gasteiger partial charge in [-0.1, -0.05) is 36.4 Å². The first kappa shape index (κ1) is 17.7. The normalized spacial score (nSPS) is 20.0. The summed E-state index contributed by atoms with van der Waals surface area (Å²) in [6.07, 6.45) is -0.430. The van der Waals surface area contributed by atoms with E-state index in [2.05, 4.69) is 4.90 Å². The third kappa shape index (κ3) is 4.51. The van der Waals surface area contributed by atoms with Gasteiger partial charge >= 0.3 is 0 Å². The minimum atomic E-state index is -0.430. The van der Waals surface area contributed by atoms with Gasteiger partial charge in [0.05, 0.1) is 32.5 Å². The minimum absolute atomic E-state index is 0.0278. The van der Waals surface area contributed by atoms with Crippen molar-refractivity contribution in [2.75, 3.05) is 27.4 Å². The Morgan fingerprint density at radius 3 is 2.56 bits per heavy atom. The summed E-state index contributed by atoms with van der Waals surface area (Å²) < 4.78 is 16.7. The van der Waals surface area contributed by atoms with E-state index in [0.29, 0.717) is 32.1 Å². The van der Waals surface area contributed by atoms with Gasteiger partial charge in [-0.2, -0.15) is 0 Å². The molecule has 1 fully saturated rings. The molecule has 0 spiro atoms. The maximum atomic E-state index is 9.95. The molecule has 2 aromatic carbocycles. The predicted octanol–water partition coefficient (Wildman–Crippen LogP) is 2.47. The lowest BCUT2D eigenvalue weighted by Gasteiger charge is -2.25. The third-order valence-corrected chi connectivity index (χ3v) is 4.48. The van der Waals surface area contributed by atoms with E-state index in [4.69, 9.17) is 14.2 Å². The Kier molecular flexibility index (Phi) is 5.91. The van der Waals surface area contributed by atoms with Crippen molar-refractivity contribution >= 4 is 0 Å².